The van der Waals surface area contributed by atoms with Crippen molar-refractivity contribution in [2.45, 2.75) is 115 Å². The molecule has 0 radical (unpaired) electrons. The molecule has 23 heavy (non-hydrogen) atoms. The fourth-order valence-corrected chi connectivity index (χ4v) is 2.66. The number of aliphatic hydroxyl groups excluding tert-OH is 2. The zero-order chi connectivity index (χ0) is 17.7. The third kappa shape index (κ3) is 13.8. The summed E-state index contributed by atoms with van der Waals surface area (Å²) in [5.41, 5.74) is 5.53. The maximum atomic E-state index is 13.7. The molecular formula is C18H37F2NO2. The van der Waals surface area contributed by atoms with Gasteiger partial charge in [-0.2, -0.15) is 0 Å². The van der Waals surface area contributed by atoms with Gasteiger partial charge in [0, 0.05) is 25.3 Å². The first-order valence-electron chi connectivity index (χ1n) is 9.28. The molecule has 140 valence electrons. The van der Waals surface area contributed by atoms with Gasteiger partial charge in [0.05, 0.1) is 12.2 Å². The SMILES string of the molecule is CCCCCCCC(F)(F)CCCCC[C@H](O)C[C@H](O)[C@H](C)N. The molecule has 4 N–H and O–H groups in total. The van der Waals surface area contributed by atoms with Gasteiger partial charge in [-0.3, -0.25) is 0 Å². The summed E-state index contributed by atoms with van der Waals surface area (Å²) in [6.45, 7) is 3.81. The summed E-state index contributed by atoms with van der Waals surface area (Å²) in [5, 5.41) is 19.3. The van der Waals surface area contributed by atoms with Gasteiger partial charge < -0.3 is 15.9 Å². The predicted octanol–water partition coefficient (Wildman–Crippen LogP) is 4.39. The molecule has 0 spiro atoms. The average Bonchev–Trinajstić information content (AvgIpc) is 2.46. The molecule has 0 rings (SSSR count). The zero-order valence-corrected chi connectivity index (χ0v) is 14.9. The van der Waals surface area contributed by atoms with Gasteiger partial charge >= 0.3 is 0 Å². The van der Waals surface area contributed by atoms with E-state index in [1.807, 2.05) is 0 Å². The van der Waals surface area contributed by atoms with Crippen LogP contribution in [0.3, 0.4) is 0 Å². The third-order valence-electron chi connectivity index (χ3n) is 4.35. The van der Waals surface area contributed by atoms with Crippen molar-refractivity contribution in [3.05, 3.63) is 0 Å². The van der Waals surface area contributed by atoms with Gasteiger partial charge in [0.15, 0.2) is 0 Å². The Balaban J connectivity index is 3.61. The van der Waals surface area contributed by atoms with E-state index >= 15 is 0 Å². The maximum Gasteiger partial charge on any atom is 0.248 e. The number of alkyl halides is 2. The highest BCUT2D eigenvalue weighted by Gasteiger charge is 2.27. The smallest absolute Gasteiger partial charge is 0.248 e. The lowest BCUT2D eigenvalue weighted by atomic mass is 9.99. The van der Waals surface area contributed by atoms with E-state index in [0.29, 0.717) is 32.1 Å². The van der Waals surface area contributed by atoms with Crippen molar-refractivity contribution >= 4 is 0 Å². The fraction of sp³-hybridized carbons (Fsp3) is 1.00. The number of aliphatic hydroxyl groups is 2. The average molecular weight is 337 g/mol. The van der Waals surface area contributed by atoms with Crippen molar-refractivity contribution < 1.29 is 19.0 Å². The van der Waals surface area contributed by atoms with E-state index in [1.54, 1.807) is 6.92 Å². The highest BCUT2D eigenvalue weighted by Crippen LogP contribution is 2.28. The minimum atomic E-state index is -2.55. The minimum absolute atomic E-state index is 0.0000793. The molecule has 5 heteroatoms. The summed E-state index contributed by atoms with van der Waals surface area (Å²) in [5.74, 6) is -2.55. The first kappa shape index (κ1) is 22.7. The van der Waals surface area contributed by atoms with Crippen LogP contribution in [0.1, 0.15) is 90.9 Å². The molecular weight excluding hydrogens is 300 g/mol. The highest BCUT2D eigenvalue weighted by molar-refractivity contribution is 4.71. The standard InChI is InChI=1S/C18H37F2NO2/c1-3-4-5-6-9-12-18(19,20)13-10-7-8-11-16(22)14-17(23)15(2)21/h15-17,22-23H,3-14,21H2,1-2H3/t15-,16-,17-/m0/s1. The first-order valence-corrected chi connectivity index (χ1v) is 9.28. The summed E-state index contributed by atoms with van der Waals surface area (Å²) in [4.78, 5) is 0. The van der Waals surface area contributed by atoms with Crippen molar-refractivity contribution in [1.29, 1.82) is 0 Å². The van der Waals surface area contributed by atoms with E-state index in [4.69, 9.17) is 5.73 Å². The Bertz CT molecular complexity index is 276. The molecule has 3 nitrogen and oxygen atoms in total. The Morgan fingerprint density at radius 2 is 1.43 bits per heavy atom. The number of unbranched alkanes of at least 4 members (excludes halogenated alkanes) is 6. The van der Waals surface area contributed by atoms with E-state index in [-0.39, 0.29) is 25.3 Å². The van der Waals surface area contributed by atoms with Gasteiger partial charge in [-0.15, -0.1) is 0 Å². The van der Waals surface area contributed by atoms with Crippen molar-refractivity contribution in [2.24, 2.45) is 5.73 Å². The minimum Gasteiger partial charge on any atom is -0.393 e. The summed E-state index contributed by atoms with van der Waals surface area (Å²) >= 11 is 0. The molecule has 0 aromatic carbocycles. The Morgan fingerprint density at radius 3 is 1.96 bits per heavy atom. The molecule has 0 aliphatic carbocycles. The molecule has 0 bridgehead atoms. The molecule has 0 amide bonds. The molecule has 0 aromatic rings. The Labute approximate surface area is 140 Å². The normalized spacial score (nSPS) is 16.3. The van der Waals surface area contributed by atoms with Gasteiger partial charge in [-0.25, -0.2) is 8.78 Å². The van der Waals surface area contributed by atoms with Crippen LogP contribution >= 0.6 is 0 Å². The Morgan fingerprint density at radius 1 is 0.913 bits per heavy atom. The van der Waals surface area contributed by atoms with Crippen LogP contribution in [0.25, 0.3) is 0 Å². The summed E-state index contributed by atoms with van der Waals surface area (Å²) in [7, 11) is 0. The van der Waals surface area contributed by atoms with Crippen LogP contribution in [-0.2, 0) is 0 Å². The zero-order valence-electron chi connectivity index (χ0n) is 14.9. The molecule has 0 aliphatic heterocycles. The first-order chi connectivity index (χ1) is 10.8. The van der Waals surface area contributed by atoms with E-state index in [1.165, 1.54) is 0 Å². The molecule has 0 unspecified atom stereocenters. The van der Waals surface area contributed by atoms with Gasteiger partial charge in [0.2, 0.25) is 5.92 Å². The topological polar surface area (TPSA) is 66.5 Å². The van der Waals surface area contributed by atoms with Gasteiger partial charge in [0.1, 0.15) is 0 Å². The largest absolute Gasteiger partial charge is 0.393 e. The van der Waals surface area contributed by atoms with Crippen molar-refractivity contribution in [3.63, 3.8) is 0 Å². The quantitative estimate of drug-likeness (QED) is 0.388. The summed E-state index contributed by atoms with van der Waals surface area (Å²) in [6, 6.07) is -0.360. The van der Waals surface area contributed by atoms with Crippen LogP contribution in [0, 0.1) is 0 Å². The second kappa shape index (κ2) is 13.1. The molecule has 3 atom stereocenters. The van der Waals surface area contributed by atoms with Crippen LogP contribution in [0.4, 0.5) is 8.78 Å². The van der Waals surface area contributed by atoms with Crippen LogP contribution in [0.15, 0.2) is 0 Å². The second-order valence-electron chi connectivity index (χ2n) is 6.94. The Hall–Kier alpha value is -0.260. The maximum absolute atomic E-state index is 13.7. The molecule has 0 aliphatic rings. The van der Waals surface area contributed by atoms with E-state index in [0.717, 1.165) is 25.7 Å². The number of hydrogen-bond acceptors (Lipinski definition) is 3. The van der Waals surface area contributed by atoms with Crippen LogP contribution in [0.5, 0.6) is 0 Å². The number of nitrogens with two attached hydrogens (primary N) is 1. The van der Waals surface area contributed by atoms with E-state index in [2.05, 4.69) is 6.92 Å². The van der Waals surface area contributed by atoms with Crippen LogP contribution < -0.4 is 5.73 Å². The number of halogens is 2. The molecule has 0 heterocycles. The summed E-state index contributed by atoms with van der Waals surface area (Å²) < 4.78 is 27.4. The van der Waals surface area contributed by atoms with E-state index in [9.17, 15) is 19.0 Å². The van der Waals surface area contributed by atoms with Gasteiger partial charge in [-0.1, -0.05) is 45.4 Å². The predicted molar refractivity (Wildman–Crippen MR) is 91.7 cm³/mol. The molecule has 0 saturated heterocycles. The van der Waals surface area contributed by atoms with Crippen molar-refractivity contribution in [3.8, 4) is 0 Å². The number of hydrogen-bond donors (Lipinski definition) is 3. The summed E-state index contributed by atoms with van der Waals surface area (Å²) in [6.07, 6.45) is 6.14. The van der Waals surface area contributed by atoms with Gasteiger partial charge in [0.25, 0.3) is 0 Å². The van der Waals surface area contributed by atoms with Crippen LogP contribution in [0.2, 0.25) is 0 Å². The fourth-order valence-electron chi connectivity index (χ4n) is 2.66. The second-order valence-corrected chi connectivity index (χ2v) is 6.94. The monoisotopic (exact) mass is 337 g/mol. The lowest BCUT2D eigenvalue weighted by Gasteiger charge is -2.19. The molecule has 0 saturated carbocycles. The Kier molecular flexibility index (Phi) is 12.9. The lowest BCUT2D eigenvalue weighted by molar-refractivity contribution is -0.0208. The van der Waals surface area contributed by atoms with Crippen molar-refractivity contribution in [1.82, 2.24) is 0 Å². The lowest BCUT2D eigenvalue weighted by Crippen LogP contribution is -2.34. The molecule has 0 aromatic heterocycles. The number of rotatable bonds is 15. The highest BCUT2D eigenvalue weighted by atomic mass is 19.3. The van der Waals surface area contributed by atoms with Gasteiger partial charge in [-0.05, 0) is 26.2 Å². The molecule has 0 fully saturated rings. The van der Waals surface area contributed by atoms with Crippen molar-refractivity contribution in [2.75, 3.05) is 0 Å². The third-order valence-corrected chi connectivity index (χ3v) is 4.35. The van der Waals surface area contributed by atoms with Crippen LogP contribution in [-0.4, -0.2) is 34.4 Å². The van der Waals surface area contributed by atoms with E-state index < -0.39 is 18.1 Å².